The number of benzene rings is 2. The lowest BCUT2D eigenvalue weighted by Crippen LogP contribution is -2.67. The van der Waals surface area contributed by atoms with Crippen molar-refractivity contribution in [3.8, 4) is 11.1 Å². The van der Waals surface area contributed by atoms with Gasteiger partial charge >= 0.3 is 0 Å². The van der Waals surface area contributed by atoms with Gasteiger partial charge in [-0.05, 0) is 43.0 Å². The molecule has 2 aliphatic heterocycles. The molecular weight excluding hydrogens is 448 g/mol. The first-order chi connectivity index (χ1) is 16.4. The molecule has 2 aromatic carbocycles. The highest BCUT2D eigenvalue weighted by Gasteiger charge is 2.50. The smallest absolute Gasteiger partial charge is 0.262 e. The van der Waals surface area contributed by atoms with Gasteiger partial charge in [-0.2, -0.15) is 4.31 Å². The number of fused-ring (bicyclic) bond motifs is 1. The van der Waals surface area contributed by atoms with Gasteiger partial charge in [-0.15, -0.1) is 0 Å². The van der Waals surface area contributed by atoms with E-state index in [0.29, 0.717) is 13.1 Å². The molecule has 7 nitrogen and oxygen atoms in total. The van der Waals surface area contributed by atoms with Gasteiger partial charge in [0.2, 0.25) is 0 Å². The maximum atomic E-state index is 13.3. The molecule has 0 bridgehead atoms. The van der Waals surface area contributed by atoms with E-state index in [1.165, 1.54) is 17.5 Å². The van der Waals surface area contributed by atoms with E-state index in [2.05, 4.69) is 65.3 Å². The topological polar surface area (TPSA) is 78.7 Å². The molecule has 1 aromatic heterocycles. The lowest BCUT2D eigenvalue weighted by molar-refractivity contribution is -0.0554. The predicted molar refractivity (Wildman–Crippen MR) is 132 cm³/mol. The Hall–Kier alpha value is -2.52. The van der Waals surface area contributed by atoms with Crippen LogP contribution in [0.2, 0.25) is 0 Å². The molecule has 2 aliphatic rings. The monoisotopic (exact) mass is 480 g/mol. The van der Waals surface area contributed by atoms with Crippen molar-refractivity contribution in [2.75, 3.05) is 26.2 Å². The van der Waals surface area contributed by atoms with Crippen molar-refractivity contribution in [1.82, 2.24) is 18.8 Å². The van der Waals surface area contributed by atoms with E-state index in [1.54, 1.807) is 22.1 Å². The Morgan fingerprint density at radius 2 is 1.82 bits per heavy atom. The molecule has 0 saturated carbocycles. The fourth-order valence-electron chi connectivity index (χ4n) is 5.50. The van der Waals surface area contributed by atoms with E-state index in [-0.39, 0.29) is 29.6 Å². The lowest BCUT2D eigenvalue weighted by atomic mass is 9.74. The van der Waals surface area contributed by atoms with E-state index in [9.17, 15) is 13.5 Å². The number of rotatable bonds is 5. The zero-order chi connectivity index (χ0) is 23.9. The maximum absolute atomic E-state index is 13.3. The van der Waals surface area contributed by atoms with Gasteiger partial charge in [0, 0.05) is 44.3 Å². The molecule has 3 aromatic rings. The number of sulfonamides is 1. The first kappa shape index (κ1) is 23.2. The van der Waals surface area contributed by atoms with Gasteiger partial charge in [-0.1, -0.05) is 54.1 Å². The number of aliphatic hydroxyl groups is 1. The first-order valence-corrected chi connectivity index (χ1v) is 13.3. The van der Waals surface area contributed by atoms with Crippen molar-refractivity contribution in [3.05, 3.63) is 72.2 Å². The third-order valence-electron chi connectivity index (χ3n) is 7.27. The molecular formula is C26H32N4O3S. The molecule has 0 aliphatic carbocycles. The van der Waals surface area contributed by atoms with Crippen molar-refractivity contribution >= 4 is 10.0 Å². The van der Waals surface area contributed by atoms with Crippen LogP contribution in [0.25, 0.3) is 11.1 Å². The Bertz CT molecular complexity index is 1260. The molecule has 180 valence electrons. The Labute approximate surface area is 201 Å². The molecule has 3 heterocycles. The van der Waals surface area contributed by atoms with Gasteiger partial charge in [-0.3, -0.25) is 4.90 Å². The summed E-state index contributed by atoms with van der Waals surface area (Å²) in [5, 5.41) is 10.3. The van der Waals surface area contributed by atoms with Crippen LogP contribution in [0.15, 0.2) is 66.1 Å². The number of aromatic nitrogens is 2. The molecule has 0 radical (unpaired) electrons. The van der Waals surface area contributed by atoms with Crippen LogP contribution in [-0.2, 0) is 17.1 Å². The largest absolute Gasteiger partial charge is 0.395 e. The minimum Gasteiger partial charge on any atom is -0.395 e. The molecule has 1 N–H and O–H groups in total. The third kappa shape index (κ3) is 4.20. The summed E-state index contributed by atoms with van der Waals surface area (Å²) in [6.45, 7) is 3.93. The molecule has 3 atom stereocenters. The second kappa shape index (κ2) is 9.26. The van der Waals surface area contributed by atoms with Crippen LogP contribution < -0.4 is 0 Å². The molecule has 0 unspecified atom stereocenters. The van der Waals surface area contributed by atoms with Crippen LogP contribution in [0.1, 0.15) is 29.9 Å². The molecule has 2 saturated heterocycles. The quantitative estimate of drug-likeness (QED) is 0.607. The van der Waals surface area contributed by atoms with Crippen LogP contribution in [-0.4, -0.2) is 70.6 Å². The van der Waals surface area contributed by atoms with Gasteiger partial charge in [0.1, 0.15) is 0 Å². The Morgan fingerprint density at radius 1 is 1.06 bits per heavy atom. The standard InChI is InChI=1S/C26H32N4O3S/c1-19-6-5-7-22(14-19)20-8-10-21(11-9-20)26-23-15-29(12-3-4-13-30(23)24(26)17-31)34(32,33)25-16-28(2)18-27-25/h5-11,14,16,18,23-24,26,31H,3-4,12-13,15,17H2,1-2H3/t23-,24+,26+/m0/s1. The molecule has 34 heavy (non-hydrogen) atoms. The lowest BCUT2D eigenvalue weighted by Gasteiger charge is -2.57. The summed E-state index contributed by atoms with van der Waals surface area (Å²) in [7, 11) is -1.89. The number of aliphatic hydroxyl groups excluding tert-OH is 1. The number of hydrogen-bond acceptors (Lipinski definition) is 5. The normalized spacial score (nSPS) is 24.1. The van der Waals surface area contributed by atoms with E-state index in [1.807, 2.05) is 0 Å². The Morgan fingerprint density at radius 3 is 2.50 bits per heavy atom. The van der Waals surface area contributed by atoms with E-state index < -0.39 is 10.0 Å². The summed E-state index contributed by atoms with van der Waals surface area (Å²) in [6, 6.07) is 17.0. The zero-order valence-electron chi connectivity index (χ0n) is 19.7. The molecule has 8 heteroatoms. The molecule has 0 spiro atoms. The number of imidazole rings is 1. The van der Waals surface area contributed by atoms with Gasteiger partial charge in [-0.25, -0.2) is 13.4 Å². The van der Waals surface area contributed by atoms with Crippen LogP contribution in [0.3, 0.4) is 0 Å². The Balaban J connectivity index is 1.42. The van der Waals surface area contributed by atoms with Crippen LogP contribution in [0, 0.1) is 6.92 Å². The highest BCUT2D eigenvalue weighted by molar-refractivity contribution is 7.89. The van der Waals surface area contributed by atoms with Crippen molar-refractivity contribution in [2.45, 2.75) is 42.8 Å². The van der Waals surface area contributed by atoms with Gasteiger partial charge in [0.05, 0.1) is 12.9 Å². The predicted octanol–water partition coefficient (Wildman–Crippen LogP) is 3.01. The van der Waals surface area contributed by atoms with Crippen LogP contribution >= 0.6 is 0 Å². The van der Waals surface area contributed by atoms with Crippen molar-refractivity contribution in [3.63, 3.8) is 0 Å². The SMILES string of the molecule is Cc1cccc(-c2ccc([C@H]3[C@@H](CO)N4CCCCN(S(=O)(=O)c5cn(C)cn5)C[C@@H]34)cc2)c1. The number of aryl methyl sites for hydroxylation is 2. The Kier molecular flexibility index (Phi) is 6.33. The van der Waals surface area contributed by atoms with Crippen molar-refractivity contribution < 1.29 is 13.5 Å². The van der Waals surface area contributed by atoms with Crippen molar-refractivity contribution in [1.29, 1.82) is 0 Å². The number of nitrogens with zero attached hydrogens (tertiary/aromatic N) is 4. The van der Waals surface area contributed by atoms with Crippen LogP contribution in [0.5, 0.6) is 0 Å². The molecule has 2 fully saturated rings. The average Bonchev–Trinajstić information content (AvgIpc) is 3.25. The minimum absolute atomic E-state index is 0.00678. The summed E-state index contributed by atoms with van der Waals surface area (Å²) < 4.78 is 29.9. The second-order valence-electron chi connectivity index (χ2n) is 9.52. The summed E-state index contributed by atoms with van der Waals surface area (Å²) in [6.07, 6.45) is 4.78. The van der Waals surface area contributed by atoms with E-state index >= 15 is 0 Å². The van der Waals surface area contributed by atoms with E-state index in [4.69, 9.17) is 0 Å². The second-order valence-corrected chi connectivity index (χ2v) is 11.4. The average molecular weight is 481 g/mol. The van der Waals surface area contributed by atoms with Gasteiger partial charge < -0.3 is 9.67 Å². The fraction of sp³-hybridized carbons (Fsp3) is 0.423. The highest BCUT2D eigenvalue weighted by Crippen LogP contribution is 2.43. The maximum Gasteiger partial charge on any atom is 0.262 e. The highest BCUT2D eigenvalue weighted by atomic mass is 32.2. The first-order valence-electron chi connectivity index (χ1n) is 11.9. The molecule has 5 rings (SSSR count). The third-order valence-corrected chi connectivity index (χ3v) is 9.02. The van der Waals surface area contributed by atoms with Gasteiger partial charge in [0.25, 0.3) is 10.0 Å². The molecule has 0 amide bonds. The summed E-state index contributed by atoms with van der Waals surface area (Å²) in [5.74, 6) is 0.0797. The summed E-state index contributed by atoms with van der Waals surface area (Å²) >= 11 is 0. The fourth-order valence-corrected chi connectivity index (χ4v) is 6.97. The van der Waals surface area contributed by atoms with Crippen molar-refractivity contribution in [2.24, 2.45) is 7.05 Å². The van der Waals surface area contributed by atoms with E-state index in [0.717, 1.165) is 30.5 Å². The minimum atomic E-state index is -3.67. The summed E-state index contributed by atoms with van der Waals surface area (Å²) in [5.41, 5.74) is 4.70. The van der Waals surface area contributed by atoms with Gasteiger partial charge in [0.15, 0.2) is 5.03 Å². The van der Waals surface area contributed by atoms with Crippen LogP contribution in [0.4, 0.5) is 0 Å². The number of hydrogen-bond donors (Lipinski definition) is 1. The summed E-state index contributed by atoms with van der Waals surface area (Å²) in [4.78, 5) is 6.40. The zero-order valence-corrected chi connectivity index (χ0v) is 20.5.